The van der Waals surface area contributed by atoms with Crippen LogP contribution in [0.25, 0.3) is 0 Å². The highest BCUT2D eigenvalue weighted by Crippen LogP contribution is 2.21. The van der Waals surface area contributed by atoms with Gasteiger partial charge >= 0.3 is 6.03 Å². The molecule has 0 aromatic carbocycles. The van der Waals surface area contributed by atoms with Crippen LogP contribution in [0, 0.1) is 12.8 Å². The van der Waals surface area contributed by atoms with Crippen LogP contribution in [0.1, 0.15) is 37.2 Å². The topological polar surface area (TPSA) is 97.3 Å². The Kier molecular flexibility index (Phi) is 4.59. The van der Waals surface area contributed by atoms with E-state index in [-0.39, 0.29) is 6.03 Å². The first kappa shape index (κ1) is 15.5. The summed E-state index contributed by atoms with van der Waals surface area (Å²) in [5.41, 5.74) is 0. The summed E-state index contributed by atoms with van der Waals surface area (Å²) in [6, 6.07) is 1.60. The van der Waals surface area contributed by atoms with Crippen molar-refractivity contribution < 1.29 is 13.8 Å². The fourth-order valence-corrected chi connectivity index (χ4v) is 2.81. The monoisotopic (exact) mass is 319 g/mol. The van der Waals surface area contributed by atoms with Gasteiger partial charge in [0.05, 0.1) is 0 Å². The third-order valence-corrected chi connectivity index (χ3v) is 3.98. The van der Waals surface area contributed by atoms with Crippen molar-refractivity contribution in [1.29, 1.82) is 0 Å². The number of hydrogen-bond donors (Lipinski definition) is 1. The highest BCUT2D eigenvalue weighted by atomic mass is 16.5. The van der Waals surface area contributed by atoms with E-state index in [2.05, 4.69) is 20.6 Å². The maximum Gasteiger partial charge on any atom is 0.323 e. The van der Waals surface area contributed by atoms with Crippen LogP contribution in [0.15, 0.2) is 15.1 Å². The van der Waals surface area contributed by atoms with Gasteiger partial charge in [-0.1, -0.05) is 17.2 Å². The van der Waals surface area contributed by atoms with Gasteiger partial charge in [-0.3, -0.25) is 5.32 Å². The standard InChI is InChI=1S/C15H21N5O3/c1-3-12-8-13(19-22-12)17-15(21)20-6-4-5-11(9-20)7-14-16-10(2)18-23-14/h8,11H,3-7,9H2,1-2H3,(H,17,19,21). The molecular formula is C15H21N5O3. The molecule has 2 aromatic rings. The lowest BCUT2D eigenvalue weighted by molar-refractivity contribution is 0.173. The van der Waals surface area contributed by atoms with E-state index in [1.54, 1.807) is 17.9 Å². The lowest BCUT2D eigenvalue weighted by Crippen LogP contribution is -2.42. The van der Waals surface area contributed by atoms with Gasteiger partial charge in [-0.2, -0.15) is 4.98 Å². The number of likely N-dealkylation sites (tertiary alicyclic amines) is 1. The summed E-state index contributed by atoms with van der Waals surface area (Å²) in [6.45, 7) is 5.19. The Labute approximate surface area is 134 Å². The molecule has 1 saturated heterocycles. The van der Waals surface area contributed by atoms with E-state index in [1.807, 2.05) is 6.92 Å². The molecule has 1 unspecified atom stereocenters. The Morgan fingerprint density at radius 1 is 1.43 bits per heavy atom. The number of urea groups is 1. The van der Waals surface area contributed by atoms with E-state index in [0.29, 0.717) is 36.4 Å². The van der Waals surface area contributed by atoms with Crippen LogP contribution >= 0.6 is 0 Å². The number of carbonyl (C=O) groups is 1. The number of nitrogens with zero attached hydrogens (tertiary/aromatic N) is 4. The predicted octanol–water partition coefficient (Wildman–Crippen LogP) is 2.42. The smallest absolute Gasteiger partial charge is 0.323 e. The van der Waals surface area contributed by atoms with Crippen molar-refractivity contribution >= 4 is 11.8 Å². The Morgan fingerprint density at radius 2 is 2.30 bits per heavy atom. The second-order valence-corrected chi connectivity index (χ2v) is 5.86. The van der Waals surface area contributed by atoms with Crippen molar-refractivity contribution in [1.82, 2.24) is 20.2 Å². The van der Waals surface area contributed by atoms with E-state index in [1.165, 1.54) is 0 Å². The molecule has 3 heterocycles. The Morgan fingerprint density at radius 3 is 3.00 bits per heavy atom. The SMILES string of the molecule is CCc1cc(NC(=O)N2CCCC(Cc3nc(C)no3)C2)no1. The molecule has 1 fully saturated rings. The Balaban J connectivity index is 1.55. The molecule has 0 spiro atoms. The number of rotatable bonds is 4. The molecule has 0 radical (unpaired) electrons. The van der Waals surface area contributed by atoms with E-state index >= 15 is 0 Å². The molecule has 1 aliphatic rings. The fraction of sp³-hybridized carbons (Fsp3) is 0.600. The minimum atomic E-state index is -0.146. The van der Waals surface area contributed by atoms with Crippen LogP contribution in [-0.4, -0.2) is 39.3 Å². The van der Waals surface area contributed by atoms with Crippen LogP contribution in [-0.2, 0) is 12.8 Å². The molecule has 2 amide bonds. The molecule has 8 heteroatoms. The van der Waals surface area contributed by atoms with Crippen LogP contribution in [0.5, 0.6) is 0 Å². The summed E-state index contributed by atoms with van der Waals surface area (Å²) >= 11 is 0. The van der Waals surface area contributed by atoms with Gasteiger partial charge in [0.15, 0.2) is 11.6 Å². The minimum Gasteiger partial charge on any atom is -0.359 e. The van der Waals surface area contributed by atoms with Crippen molar-refractivity contribution in [3.05, 3.63) is 23.5 Å². The number of anilines is 1. The van der Waals surface area contributed by atoms with Gasteiger partial charge in [0, 0.05) is 32.0 Å². The van der Waals surface area contributed by atoms with Crippen molar-refractivity contribution in [2.24, 2.45) is 5.92 Å². The molecule has 23 heavy (non-hydrogen) atoms. The largest absolute Gasteiger partial charge is 0.359 e. The normalized spacial score (nSPS) is 18.2. The predicted molar refractivity (Wildman–Crippen MR) is 81.9 cm³/mol. The zero-order valence-corrected chi connectivity index (χ0v) is 13.4. The summed E-state index contributed by atoms with van der Waals surface area (Å²) in [5, 5.41) is 10.4. The van der Waals surface area contributed by atoms with Crippen LogP contribution < -0.4 is 5.32 Å². The van der Waals surface area contributed by atoms with Crippen LogP contribution in [0.3, 0.4) is 0 Å². The second-order valence-electron chi connectivity index (χ2n) is 5.86. The highest BCUT2D eigenvalue weighted by molar-refractivity contribution is 5.88. The number of carbonyl (C=O) groups excluding carboxylic acids is 1. The van der Waals surface area contributed by atoms with E-state index in [4.69, 9.17) is 9.05 Å². The molecule has 124 valence electrons. The Hall–Kier alpha value is -2.38. The van der Waals surface area contributed by atoms with Crippen LogP contribution in [0.4, 0.5) is 10.6 Å². The number of aromatic nitrogens is 3. The van der Waals surface area contributed by atoms with Gasteiger partial charge in [0.2, 0.25) is 5.89 Å². The van der Waals surface area contributed by atoms with E-state index < -0.39 is 0 Å². The van der Waals surface area contributed by atoms with Crippen LogP contribution in [0.2, 0.25) is 0 Å². The van der Waals surface area contributed by atoms with Gasteiger partial charge in [0.25, 0.3) is 0 Å². The molecule has 1 atom stereocenters. The first-order chi connectivity index (χ1) is 11.1. The number of aryl methyl sites for hydroxylation is 2. The summed E-state index contributed by atoms with van der Waals surface area (Å²) in [7, 11) is 0. The summed E-state index contributed by atoms with van der Waals surface area (Å²) < 4.78 is 10.3. The lowest BCUT2D eigenvalue weighted by atomic mass is 9.95. The van der Waals surface area contributed by atoms with Crippen molar-refractivity contribution in [2.45, 2.75) is 39.5 Å². The third-order valence-electron chi connectivity index (χ3n) is 3.98. The van der Waals surface area contributed by atoms with E-state index in [9.17, 15) is 4.79 Å². The first-order valence-corrected chi connectivity index (χ1v) is 7.94. The molecular weight excluding hydrogens is 298 g/mol. The molecule has 1 aliphatic heterocycles. The molecule has 1 N–H and O–H groups in total. The molecule has 3 rings (SSSR count). The van der Waals surface area contributed by atoms with Gasteiger partial charge in [0.1, 0.15) is 5.76 Å². The second kappa shape index (κ2) is 6.80. The van der Waals surface area contributed by atoms with E-state index in [0.717, 1.165) is 31.6 Å². The summed E-state index contributed by atoms with van der Waals surface area (Å²) in [5.74, 6) is 2.82. The minimum absolute atomic E-state index is 0.146. The van der Waals surface area contributed by atoms with Crippen molar-refractivity contribution in [2.75, 3.05) is 18.4 Å². The molecule has 0 saturated carbocycles. The number of piperidine rings is 1. The summed E-state index contributed by atoms with van der Waals surface area (Å²) in [4.78, 5) is 18.4. The van der Waals surface area contributed by atoms with Gasteiger partial charge in [-0.25, -0.2) is 4.79 Å². The zero-order valence-electron chi connectivity index (χ0n) is 13.4. The van der Waals surface area contributed by atoms with Gasteiger partial charge in [-0.05, 0) is 25.7 Å². The van der Waals surface area contributed by atoms with Gasteiger partial charge < -0.3 is 13.9 Å². The maximum atomic E-state index is 12.3. The highest BCUT2D eigenvalue weighted by Gasteiger charge is 2.25. The molecule has 0 bridgehead atoms. The number of nitrogens with one attached hydrogen (secondary N) is 1. The molecule has 0 aliphatic carbocycles. The average Bonchev–Trinajstić information content (AvgIpc) is 3.16. The van der Waals surface area contributed by atoms with Crippen molar-refractivity contribution in [3.63, 3.8) is 0 Å². The first-order valence-electron chi connectivity index (χ1n) is 7.94. The zero-order chi connectivity index (χ0) is 16.2. The van der Waals surface area contributed by atoms with Gasteiger partial charge in [-0.15, -0.1) is 0 Å². The molecule has 8 nitrogen and oxygen atoms in total. The van der Waals surface area contributed by atoms with Crippen molar-refractivity contribution in [3.8, 4) is 0 Å². The number of hydrogen-bond acceptors (Lipinski definition) is 6. The third kappa shape index (κ3) is 3.88. The number of amides is 2. The maximum absolute atomic E-state index is 12.3. The Bertz CT molecular complexity index is 666. The summed E-state index contributed by atoms with van der Waals surface area (Å²) in [6.07, 6.45) is 3.46. The average molecular weight is 319 g/mol. The lowest BCUT2D eigenvalue weighted by Gasteiger charge is -2.31. The quantitative estimate of drug-likeness (QED) is 0.929. The fourth-order valence-electron chi connectivity index (χ4n) is 2.81. The molecule has 2 aromatic heterocycles.